The second-order valence-electron chi connectivity index (χ2n) is 17.9. The summed E-state index contributed by atoms with van der Waals surface area (Å²) in [6, 6.07) is 9.91. The van der Waals surface area contributed by atoms with E-state index >= 15 is 4.79 Å². The molecule has 1 aliphatic carbocycles. The maximum absolute atomic E-state index is 15.3. The number of rotatable bonds is 13. The summed E-state index contributed by atoms with van der Waals surface area (Å²) in [6.45, 7) is 25.7. The number of carbonyl (C=O) groups is 3. The van der Waals surface area contributed by atoms with Gasteiger partial charge in [0.2, 0.25) is 0 Å². The number of hydrogen-bond acceptors (Lipinski definition) is 10. The summed E-state index contributed by atoms with van der Waals surface area (Å²) in [5.41, 5.74) is 0.872. The first kappa shape index (κ1) is 43.1. The van der Waals surface area contributed by atoms with E-state index < -0.39 is 58.3 Å². The molecule has 6 atom stereocenters. The van der Waals surface area contributed by atoms with Gasteiger partial charge in [-0.15, -0.1) is 11.8 Å². The predicted molar refractivity (Wildman–Crippen MR) is 222 cm³/mol. The number of methoxy groups -OCH3 is 3. The molecule has 2 aromatic carbocycles. The molecule has 13 heteroatoms. The molecule has 1 saturated heterocycles. The Morgan fingerprint density at radius 3 is 2.04 bits per heavy atom. The van der Waals surface area contributed by atoms with E-state index in [1.165, 1.54) is 14.0 Å². The molecular weight excluding hydrogens is 751 g/mol. The van der Waals surface area contributed by atoms with E-state index in [0.29, 0.717) is 34.8 Å². The lowest BCUT2D eigenvalue weighted by atomic mass is 9.67. The van der Waals surface area contributed by atoms with Crippen LogP contribution < -0.4 is 13.9 Å². The Morgan fingerprint density at radius 2 is 1.51 bits per heavy atom. The first-order valence-electron chi connectivity index (χ1n) is 19.6. The number of hydrogen-bond donors (Lipinski definition) is 0. The molecule has 1 saturated carbocycles. The van der Waals surface area contributed by atoms with E-state index in [2.05, 4.69) is 75.4 Å². The molecule has 0 spiro atoms. The third-order valence-corrected chi connectivity index (χ3v) is 24.9. The summed E-state index contributed by atoms with van der Waals surface area (Å²) in [6.07, 6.45) is -0.0430. The molecule has 2 heterocycles. The lowest BCUT2D eigenvalue weighted by Gasteiger charge is -2.57. The topological polar surface area (TPSA) is 110 Å². The van der Waals surface area contributed by atoms with Gasteiger partial charge in [0, 0.05) is 41.4 Å². The van der Waals surface area contributed by atoms with Crippen molar-refractivity contribution in [3.05, 3.63) is 47.5 Å². The van der Waals surface area contributed by atoms with Gasteiger partial charge < -0.3 is 32.7 Å². The smallest absolute Gasteiger partial charge is 0.328 e. The summed E-state index contributed by atoms with van der Waals surface area (Å²) >= 11 is 1.59. The van der Waals surface area contributed by atoms with E-state index in [4.69, 9.17) is 27.8 Å². The van der Waals surface area contributed by atoms with Crippen molar-refractivity contribution in [3.8, 4) is 17.2 Å². The summed E-state index contributed by atoms with van der Waals surface area (Å²) in [5, 5.41) is -0.557. The zero-order valence-electron chi connectivity index (χ0n) is 35.5. The molecule has 1 amide bonds. The van der Waals surface area contributed by atoms with Crippen molar-refractivity contribution < 1.29 is 42.2 Å². The van der Waals surface area contributed by atoms with Crippen LogP contribution in [0, 0.1) is 0 Å². The van der Waals surface area contributed by atoms with E-state index in [0.717, 1.165) is 4.90 Å². The fourth-order valence-electron chi connectivity index (χ4n) is 9.59. The molecule has 10 nitrogen and oxygen atoms in total. The molecule has 2 aliphatic heterocycles. The number of amides is 1. The molecule has 0 N–H and O–H groups in total. The van der Waals surface area contributed by atoms with Gasteiger partial charge >= 0.3 is 11.9 Å². The summed E-state index contributed by atoms with van der Waals surface area (Å²) in [5.74, 6) is -0.0612. The van der Waals surface area contributed by atoms with Gasteiger partial charge in [0.15, 0.2) is 14.1 Å². The number of para-hydroxylation sites is 1. The highest BCUT2D eigenvalue weighted by Crippen LogP contribution is 2.62. The van der Waals surface area contributed by atoms with Crippen LogP contribution in [0.4, 0.5) is 0 Å². The van der Waals surface area contributed by atoms with Gasteiger partial charge in [-0.1, -0.05) is 74.4 Å². The number of carbonyl (C=O) groups excluding carboxylic acids is 3. The molecule has 0 radical (unpaired) electrons. The molecule has 0 aromatic heterocycles. The molecule has 0 bridgehead atoms. The fraction of sp³-hybridized carbons (Fsp3) is 0.643. The lowest BCUT2D eigenvalue weighted by molar-refractivity contribution is -0.154. The molecule has 55 heavy (non-hydrogen) atoms. The van der Waals surface area contributed by atoms with Gasteiger partial charge in [0.05, 0.1) is 33.0 Å². The molecule has 304 valence electrons. The number of ether oxygens (including phenoxy) is 4. The van der Waals surface area contributed by atoms with Gasteiger partial charge in [-0.3, -0.25) is 9.59 Å². The number of benzene rings is 2. The Balaban J connectivity index is 1.83. The minimum atomic E-state index is -2.63. The fourth-order valence-corrected chi connectivity index (χ4v) is 18.0. The van der Waals surface area contributed by atoms with E-state index in [1.807, 2.05) is 36.4 Å². The first-order chi connectivity index (χ1) is 25.6. The second kappa shape index (κ2) is 15.7. The standard InChI is InChI=1S/C42H63NO9SSi2/c1-24(2)55(25(3)4,26(5)6)51-33-21-29-28(20-32(33)48-12)37-34(50-27(7)44)22-36(53-35-19-17-16-18-31(35)47-11)42(52-54(14,15)41(8,9)10)23-30(40(46)49-13)43(38(37)42)39(29)45/h16-21,24-26,30,34,36-38H,22-23H2,1-15H3/t30-,34+,36-,37+,38+,42+/m0/s1. The average Bonchev–Trinajstić information content (AvgIpc) is 3.44. The number of fused-ring (bicyclic) bond motifs is 2. The normalized spacial score (nSPS) is 25.2. The van der Waals surface area contributed by atoms with Crippen LogP contribution in [0.2, 0.25) is 34.8 Å². The van der Waals surface area contributed by atoms with Crippen LogP contribution in [0.25, 0.3) is 0 Å². The minimum absolute atomic E-state index is 0.205. The number of thioether (sulfide) groups is 1. The second-order valence-corrected chi connectivity index (χ2v) is 29.2. The van der Waals surface area contributed by atoms with Gasteiger partial charge in [0.25, 0.3) is 14.2 Å². The van der Waals surface area contributed by atoms with Gasteiger partial charge in [0.1, 0.15) is 23.6 Å². The van der Waals surface area contributed by atoms with Crippen molar-refractivity contribution >= 4 is 46.2 Å². The predicted octanol–water partition coefficient (Wildman–Crippen LogP) is 9.37. The molecule has 2 aromatic rings. The third kappa shape index (κ3) is 7.36. The van der Waals surface area contributed by atoms with E-state index in [9.17, 15) is 9.59 Å². The number of esters is 2. The number of nitrogens with zero attached hydrogens (tertiary/aromatic N) is 1. The summed E-state index contributed by atoms with van der Waals surface area (Å²) in [7, 11) is -0.503. The molecule has 2 fully saturated rings. The SMILES string of the molecule is COC(=O)[C@@H]1C[C@@]2(O[Si](C)(C)C(C)(C)C)[C@@H](Sc3ccccc3OC)C[C@@H](OC(C)=O)[C@H]3c4cc(OC)c(O[Si](C(C)C)(C(C)C)C(C)C)cc4C(=O)N1[C@H]32. The van der Waals surface area contributed by atoms with Gasteiger partial charge in [-0.05, 0) is 64.6 Å². The highest BCUT2D eigenvalue weighted by molar-refractivity contribution is 8.00. The Bertz CT molecular complexity index is 1750. The summed E-state index contributed by atoms with van der Waals surface area (Å²) in [4.78, 5) is 45.0. The van der Waals surface area contributed by atoms with Crippen LogP contribution in [-0.2, 0) is 23.5 Å². The van der Waals surface area contributed by atoms with E-state index in [-0.39, 0.29) is 39.2 Å². The van der Waals surface area contributed by atoms with Crippen molar-refractivity contribution in [2.75, 3.05) is 21.3 Å². The zero-order valence-corrected chi connectivity index (χ0v) is 38.3. The molecular formula is C42H63NO9SSi2. The van der Waals surface area contributed by atoms with Crippen LogP contribution in [0.1, 0.15) is 104 Å². The first-order valence-corrected chi connectivity index (χ1v) is 25.5. The summed E-state index contributed by atoms with van der Waals surface area (Å²) < 4.78 is 38.6. The van der Waals surface area contributed by atoms with Crippen LogP contribution in [-0.4, -0.2) is 89.7 Å². The average molecular weight is 814 g/mol. The van der Waals surface area contributed by atoms with Crippen LogP contribution in [0.5, 0.6) is 17.2 Å². The van der Waals surface area contributed by atoms with Crippen LogP contribution in [0.3, 0.4) is 0 Å². The van der Waals surface area contributed by atoms with Crippen molar-refractivity contribution in [3.63, 3.8) is 0 Å². The Kier molecular flexibility index (Phi) is 12.3. The van der Waals surface area contributed by atoms with Crippen LogP contribution in [0.15, 0.2) is 41.3 Å². The Morgan fingerprint density at radius 1 is 0.909 bits per heavy atom. The monoisotopic (exact) mass is 813 g/mol. The zero-order chi connectivity index (χ0) is 41.0. The van der Waals surface area contributed by atoms with Gasteiger partial charge in [-0.2, -0.15) is 0 Å². The maximum atomic E-state index is 15.3. The molecule has 0 unspecified atom stereocenters. The van der Waals surface area contributed by atoms with Crippen molar-refractivity contribution in [2.45, 2.75) is 157 Å². The minimum Gasteiger partial charge on any atom is -0.540 e. The Hall–Kier alpha value is -3.01. The quantitative estimate of drug-likeness (QED) is 0.143. The highest BCUT2D eigenvalue weighted by atomic mass is 32.2. The lowest BCUT2D eigenvalue weighted by Crippen LogP contribution is -2.68. The van der Waals surface area contributed by atoms with Crippen molar-refractivity contribution in [2.24, 2.45) is 0 Å². The van der Waals surface area contributed by atoms with E-state index in [1.54, 1.807) is 30.9 Å². The largest absolute Gasteiger partial charge is 0.540 e. The Labute approximate surface area is 334 Å². The third-order valence-electron chi connectivity index (χ3n) is 12.9. The van der Waals surface area contributed by atoms with Crippen LogP contribution >= 0.6 is 11.8 Å². The van der Waals surface area contributed by atoms with Crippen molar-refractivity contribution in [1.82, 2.24) is 4.90 Å². The maximum Gasteiger partial charge on any atom is 0.328 e. The highest BCUT2D eigenvalue weighted by Gasteiger charge is 2.71. The molecule has 3 aliphatic rings. The van der Waals surface area contributed by atoms with Crippen molar-refractivity contribution in [1.29, 1.82) is 0 Å². The van der Waals surface area contributed by atoms with Gasteiger partial charge in [-0.25, -0.2) is 4.79 Å². The molecule has 5 rings (SSSR count).